The van der Waals surface area contributed by atoms with Crippen molar-refractivity contribution in [1.82, 2.24) is 4.31 Å². The van der Waals surface area contributed by atoms with Crippen molar-refractivity contribution in [3.8, 4) is 0 Å². The van der Waals surface area contributed by atoms with Gasteiger partial charge in [0.05, 0.1) is 23.0 Å². The molecule has 1 heterocycles. The molecule has 1 spiro atoms. The van der Waals surface area contributed by atoms with Gasteiger partial charge in [0.25, 0.3) is 5.69 Å². The van der Waals surface area contributed by atoms with E-state index in [1.54, 1.807) is 19.9 Å². The van der Waals surface area contributed by atoms with Gasteiger partial charge in [0, 0.05) is 25.7 Å². The fraction of sp³-hybridized carbons (Fsp3) is 0.455. The van der Waals surface area contributed by atoms with Crippen molar-refractivity contribution in [2.75, 3.05) is 37.7 Å². The van der Waals surface area contributed by atoms with Crippen molar-refractivity contribution in [2.24, 2.45) is 0 Å². The molecule has 8 nitrogen and oxygen atoms in total. The predicted molar refractivity (Wildman–Crippen MR) is 118 cm³/mol. The summed E-state index contributed by atoms with van der Waals surface area (Å²) in [4.78, 5) is 13.3. The quantitative estimate of drug-likeness (QED) is 0.500. The SMILES string of the molecule is CCN(CC)S(=O)(=O)c1ccc(N2CCOC3(CCc4ccccc43)C2)c([N+](=O)[O-])c1. The van der Waals surface area contributed by atoms with E-state index in [9.17, 15) is 18.5 Å². The highest BCUT2D eigenvalue weighted by Crippen LogP contribution is 2.44. The van der Waals surface area contributed by atoms with Gasteiger partial charge in [-0.05, 0) is 36.1 Å². The summed E-state index contributed by atoms with van der Waals surface area (Å²) in [7, 11) is -3.78. The zero-order valence-electron chi connectivity index (χ0n) is 17.8. The molecule has 1 saturated heterocycles. The van der Waals surface area contributed by atoms with E-state index in [1.165, 1.54) is 22.0 Å². The lowest BCUT2D eigenvalue weighted by Gasteiger charge is -2.42. The first kappa shape index (κ1) is 21.7. The summed E-state index contributed by atoms with van der Waals surface area (Å²) in [5, 5.41) is 11.9. The van der Waals surface area contributed by atoms with Gasteiger partial charge in [-0.1, -0.05) is 38.1 Å². The van der Waals surface area contributed by atoms with Gasteiger partial charge in [0.2, 0.25) is 10.0 Å². The highest BCUT2D eigenvalue weighted by atomic mass is 32.2. The van der Waals surface area contributed by atoms with Gasteiger partial charge >= 0.3 is 0 Å². The zero-order valence-corrected chi connectivity index (χ0v) is 18.6. The van der Waals surface area contributed by atoms with E-state index in [2.05, 4.69) is 12.1 Å². The summed E-state index contributed by atoms with van der Waals surface area (Å²) in [6.07, 6.45) is 1.73. The molecular weight excluding hydrogens is 418 g/mol. The molecule has 166 valence electrons. The summed E-state index contributed by atoms with van der Waals surface area (Å²) in [6.45, 7) is 5.55. The number of rotatable bonds is 6. The Hall–Kier alpha value is -2.49. The molecule has 0 aromatic heterocycles. The van der Waals surface area contributed by atoms with Crippen LogP contribution in [-0.2, 0) is 26.8 Å². The third-order valence-corrected chi connectivity index (χ3v) is 8.37. The van der Waals surface area contributed by atoms with E-state index in [1.807, 2.05) is 17.0 Å². The second-order valence-corrected chi connectivity index (χ2v) is 9.86. The molecule has 0 radical (unpaired) electrons. The average Bonchev–Trinajstić information content (AvgIpc) is 3.12. The summed E-state index contributed by atoms with van der Waals surface area (Å²) in [5.41, 5.74) is 2.13. The second-order valence-electron chi connectivity index (χ2n) is 7.92. The Morgan fingerprint density at radius 3 is 2.65 bits per heavy atom. The highest BCUT2D eigenvalue weighted by Gasteiger charge is 2.44. The van der Waals surface area contributed by atoms with Crippen LogP contribution in [0.5, 0.6) is 0 Å². The van der Waals surface area contributed by atoms with Gasteiger partial charge in [-0.2, -0.15) is 4.31 Å². The van der Waals surface area contributed by atoms with Crippen LogP contribution in [-0.4, -0.2) is 50.4 Å². The molecule has 1 aliphatic heterocycles. The van der Waals surface area contributed by atoms with Crippen LogP contribution in [0.4, 0.5) is 11.4 Å². The Morgan fingerprint density at radius 2 is 1.94 bits per heavy atom. The Bertz CT molecular complexity index is 1100. The zero-order chi connectivity index (χ0) is 22.2. The van der Waals surface area contributed by atoms with Gasteiger partial charge in [-0.25, -0.2) is 8.42 Å². The van der Waals surface area contributed by atoms with Crippen molar-refractivity contribution >= 4 is 21.4 Å². The Labute approximate surface area is 182 Å². The standard InChI is InChI=1S/C22H27N3O5S/c1-3-24(4-2)31(28,29)18-9-10-20(21(15-18)25(26)27)23-13-14-30-22(16-23)12-11-17-7-5-6-8-19(17)22/h5-10,15H,3-4,11-14,16H2,1-2H3. The largest absolute Gasteiger partial charge is 0.367 e. The number of sulfonamides is 1. The molecule has 2 aromatic carbocycles. The van der Waals surface area contributed by atoms with Crippen molar-refractivity contribution < 1.29 is 18.1 Å². The highest BCUT2D eigenvalue weighted by molar-refractivity contribution is 7.89. The van der Waals surface area contributed by atoms with Crippen LogP contribution in [0.3, 0.4) is 0 Å². The van der Waals surface area contributed by atoms with E-state index < -0.39 is 20.5 Å². The molecule has 1 fully saturated rings. The number of nitro groups is 1. The first-order valence-electron chi connectivity index (χ1n) is 10.6. The van der Waals surface area contributed by atoms with Gasteiger partial charge in [0.1, 0.15) is 11.3 Å². The van der Waals surface area contributed by atoms with E-state index in [0.29, 0.717) is 38.5 Å². The van der Waals surface area contributed by atoms with Crippen molar-refractivity contribution in [2.45, 2.75) is 37.2 Å². The molecule has 31 heavy (non-hydrogen) atoms. The number of nitro benzene ring substituents is 1. The molecule has 2 aliphatic rings. The molecular formula is C22H27N3O5S. The Morgan fingerprint density at radius 1 is 1.19 bits per heavy atom. The maximum atomic E-state index is 12.9. The van der Waals surface area contributed by atoms with E-state index in [-0.39, 0.29) is 10.6 Å². The molecule has 0 saturated carbocycles. The molecule has 0 bridgehead atoms. The minimum absolute atomic E-state index is 0.0548. The number of hydrogen-bond donors (Lipinski definition) is 0. The average molecular weight is 446 g/mol. The Balaban J connectivity index is 1.71. The third-order valence-electron chi connectivity index (χ3n) is 6.32. The molecule has 4 rings (SSSR count). The summed E-state index contributed by atoms with van der Waals surface area (Å²) in [5.74, 6) is 0. The smallest absolute Gasteiger partial charge is 0.293 e. The molecule has 1 atom stereocenters. The molecule has 1 aliphatic carbocycles. The van der Waals surface area contributed by atoms with E-state index >= 15 is 0 Å². The third kappa shape index (κ3) is 3.71. The second kappa shape index (κ2) is 8.22. The van der Waals surface area contributed by atoms with Crippen LogP contribution >= 0.6 is 0 Å². The summed E-state index contributed by atoms with van der Waals surface area (Å²) < 4.78 is 33.3. The maximum absolute atomic E-state index is 12.9. The van der Waals surface area contributed by atoms with Crippen LogP contribution in [0.1, 0.15) is 31.4 Å². The number of anilines is 1. The summed E-state index contributed by atoms with van der Waals surface area (Å²) >= 11 is 0. The van der Waals surface area contributed by atoms with Gasteiger partial charge in [-0.3, -0.25) is 10.1 Å². The van der Waals surface area contributed by atoms with Gasteiger partial charge in [0.15, 0.2) is 0 Å². The molecule has 0 N–H and O–H groups in total. The molecule has 9 heteroatoms. The molecule has 1 unspecified atom stereocenters. The lowest BCUT2D eigenvalue weighted by atomic mass is 9.93. The minimum Gasteiger partial charge on any atom is -0.367 e. The normalized spacial score (nSPS) is 20.9. The van der Waals surface area contributed by atoms with E-state index in [0.717, 1.165) is 18.4 Å². The minimum atomic E-state index is -3.78. The number of morpholine rings is 1. The van der Waals surface area contributed by atoms with Crippen molar-refractivity contribution in [1.29, 1.82) is 0 Å². The number of nitrogens with zero attached hydrogens (tertiary/aromatic N) is 3. The number of benzene rings is 2. The van der Waals surface area contributed by atoms with Crippen LogP contribution in [0.15, 0.2) is 47.4 Å². The number of hydrogen-bond acceptors (Lipinski definition) is 6. The summed E-state index contributed by atoms with van der Waals surface area (Å²) in [6, 6.07) is 12.4. The number of ether oxygens (including phenoxy) is 1. The van der Waals surface area contributed by atoms with Crippen molar-refractivity contribution in [3.05, 3.63) is 63.7 Å². The van der Waals surface area contributed by atoms with Gasteiger partial charge < -0.3 is 9.64 Å². The fourth-order valence-electron chi connectivity index (χ4n) is 4.75. The lowest BCUT2D eigenvalue weighted by molar-refractivity contribution is -0.384. The number of fused-ring (bicyclic) bond motifs is 2. The fourth-order valence-corrected chi connectivity index (χ4v) is 6.23. The first-order valence-corrected chi connectivity index (χ1v) is 12.0. The molecule has 0 amide bonds. The first-order chi connectivity index (χ1) is 14.8. The Kier molecular flexibility index (Phi) is 5.76. The maximum Gasteiger partial charge on any atom is 0.293 e. The van der Waals surface area contributed by atoms with Crippen LogP contribution in [0.25, 0.3) is 0 Å². The predicted octanol–water partition coefficient (Wildman–Crippen LogP) is 3.30. The van der Waals surface area contributed by atoms with Crippen LogP contribution < -0.4 is 4.90 Å². The number of aryl methyl sites for hydroxylation is 1. The van der Waals surface area contributed by atoms with Gasteiger partial charge in [-0.15, -0.1) is 0 Å². The topological polar surface area (TPSA) is 93.0 Å². The van der Waals surface area contributed by atoms with Crippen LogP contribution in [0, 0.1) is 10.1 Å². The van der Waals surface area contributed by atoms with E-state index in [4.69, 9.17) is 4.74 Å². The van der Waals surface area contributed by atoms with Crippen molar-refractivity contribution in [3.63, 3.8) is 0 Å². The monoisotopic (exact) mass is 445 g/mol. The molecule has 2 aromatic rings. The lowest BCUT2D eigenvalue weighted by Crippen LogP contribution is -2.49. The van der Waals surface area contributed by atoms with Crippen LogP contribution in [0.2, 0.25) is 0 Å².